The molecule has 3 aromatic rings. The molecule has 0 radical (unpaired) electrons. The molecule has 0 saturated carbocycles. The number of hydrogen-bond acceptors (Lipinski definition) is 7. The Labute approximate surface area is 154 Å². The molecule has 0 heterocycles. The summed E-state index contributed by atoms with van der Waals surface area (Å²) in [5.41, 5.74) is 0.318. The summed E-state index contributed by atoms with van der Waals surface area (Å²) in [6.45, 7) is 0. The van der Waals surface area contributed by atoms with Gasteiger partial charge in [0.15, 0.2) is 0 Å². The molecule has 0 spiro atoms. The van der Waals surface area contributed by atoms with Gasteiger partial charge in [-0.15, -0.1) is 0 Å². The van der Waals surface area contributed by atoms with E-state index in [1.165, 1.54) is 24.3 Å². The molecule has 0 fully saturated rings. The Balaban J connectivity index is 2.06. The van der Waals surface area contributed by atoms with Crippen molar-refractivity contribution in [2.45, 2.75) is 9.79 Å². The fourth-order valence-electron chi connectivity index (χ4n) is 2.47. The Morgan fingerprint density at radius 2 is 1.37 bits per heavy atom. The van der Waals surface area contributed by atoms with Gasteiger partial charge in [0.1, 0.15) is 11.5 Å². The largest absolute Gasteiger partial charge is 0.507 e. The van der Waals surface area contributed by atoms with Crippen LogP contribution in [0.1, 0.15) is 0 Å². The monoisotopic (exact) mass is 411 g/mol. The number of nitrogens with one attached hydrogen (secondary N) is 1. The van der Waals surface area contributed by atoms with E-state index in [2.05, 4.69) is 5.32 Å². The summed E-state index contributed by atoms with van der Waals surface area (Å²) in [5.74, 6) is -0.687. The van der Waals surface area contributed by atoms with E-state index in [0.717, 1.165) is 24.3 Å². The van der Waals surface area contributed by atoms with Crippen LogP contribution >= 0.6 is 0 Å². The summed E-state index contributed by atoms with van der Waals surface area (Å²) in [7, 11) is -8.96. The van der Waals surface area contributed by atoms with E-state index in [9.17, 15) is 27.0 Å². The topological polar surface area (TPSA) is 161 Å². The third-order valence-electron chi connectivity index (χ3n) is 3.75. The molecular weight excluding hydrogens is 398 g/mol. The maximum atomic E-state index is 11.2. The third-order valence-corrected chi connectivity index (χ3v) is 5.43. The predicted octanol–water partition coefficient (Wildman–Crippen LogP) is 2.49. The zero-order valence-electron chi connectivity index (χ0n) is 13.4. The molecule has 9 nitrogen and oxygen atoms in total. The third kappa shape index (κ3) is 3.95. The first kappa shape index (κ1) is 18.9. The molecule has 5 N–H and O–H groups in total. The average Bonchev–Trinajstić information content (AvgIpc) is 2.55. The second kappa shape index (κ2) is 6.39. The molecule has 0 bridgehead atoms. The first-order chi connectivity index (χ1) is 12.4. The number of benzene rings is 3. The van der Waals surface area contributed by atoms with Gasteiger partial charge in [-0.05, 0) is 41.8 Å². The van der Waals surface area contributed by atoms with E-state index < -0.39 is 35.8 Å². The predicted molar refractivity (Wildman–Crippen MR) is 96.6 cm³/mol. The second-order valence-electron chi connectivity index (χ2n) is 5.63. The summed E-state index contributed by atoms with van der Waals surface area (Å²) in [4.78, 5) is -0.893. The molecule has 0 atom stereocenters. The molecule has 3 aromatic carbocycles. The van der Waals surface area contributed by atoms with Crippen molar-refractivity contribution in [1.82, 2.24) is 0 Å². The van der Waals surface area contributed by atoms with Crippen molar-refractivity contribution < 1.29 is 36.2 Å². The van der Waals surface area contributed by atoms with Crippen molar-refractivity contribution in [3.05, 3.63) is 48.5 Å². The van der Waals surface area contributed by atoms with Crippen LogP contribution in [0.2, 0.25) is 0 Å². The highest BCUT2D eigenvalue weighted by Gasteiger charge is 2.15. The molecular formula is C16H13NO8S2. The lowest BCUT2D eigenvalue weighted by molar-refractivity contribution is 0.470. The molecule has 0 saturated heterocycles. The van der Waals surface area contributed by atoms with Gasteiger partial charge in [0.25, 0.3) is 20.2 Å². The maximum absolute atomic E-state index is 11.2. The minimum Gasteiger partial charge on any atom is -0.507 e. The molecule has 27 heavy (non-hydrogen) atoms. The van der Waals surface area contributed by atoms with Crippen LogP contribution in [0.3, 0.4) is 0 Å². The van der Waals surface area contributed by atoms with Crippen molar-refractivity contribution in [1.29, 1.82) is 0 Å². The van der Waals surface area contributed by atoms with Crippen LogP contribution in [0.25, 0.3) is 10.8 Å². The van der Waals surface area contributed by atoms with Crippen molar-refractivity contribution in [3.8, 4) is 11.5 Å². The smallest absolute Gasteiger partial charge is 0.294 e. The Hall–Kier alpha value is -2.86. The zero-order chi connectivity index (χ0) is 20.0. The number of hydrogen-bond donors (Lipinski definition) is 5. The number of fused-ring (bicyclic) bond motifs is 1. The number of phenolic OH excluding ortho intramolecular Hbond substituents is 2. The van der Waals surface area contributed by atoms with Gasteiger partial charge >= 0.3 is 0 Å². The van der Waals surface area contributed by atoms with Gasteiger partial charge < -0.3 is 15.5 Å². The van der Waals surface area contributed by atoms with Crippen LogP contribution in [0.5, 0.6) is 11.5 Å². The molecule has 0 aliphatic carbocycles. The number of anilines is 2. The van der Waals surface area contributed by atoms with E-state index in [0.29, 0.717) is 11.1 Å². The first-order valence-electron chi connectivity index (χ1n) is 7.27. The van der Waals surface area contributed by atoms with E-state index >= 15 is 0 Å². The number of aromatic hydroxyl groups is 2. The minimum absolute atomic E-state index is 0.0153. The van der Waals surface area contributed by atoms with Crippen LogP contribution in [0.4, 0.5) is 11.4 Å². The molecule has 3 rings (SSSR count). The minimum atomic E-state index is -4.49. The second-order valence-corrected chi connectivity index (χ2v) is 8.48. The summed E-state index contributed by atoms with van der Waals surface area (Å²) < 4.78 is 63.1. The molecule has 142 valence electrons. The molecule has 0 aliphatic heterocycles. The van der Waals surface area contributed by atoms with Gasteiger partial charge in [0.05, 0.1) is 15.5 Å². The summed E-state index contributed by atoms with van der Waals surface area (Å²) in [6, 6.07) is 9.56. The van der Waals surface area contributed by atoms with Gasteiger partial charge in [0, 0.05) is 17.1 Å². The molecule has 0 amide bonds. The van der Waals surface area contributed by atoms with Gasteiger partial charge in [-0.25, -0.2) is 0 Å². The molecule has 0 unspecified atom stereocenters. The van der Waals surface area contributed by atoms with Gasteiger partial charge in [-0.1, -0.05) is 6.07 Å². The van der Waals surface area contributed by atoms with E-state index in [1.807, 2.05) is 0 Å². The lowest BCUT2D eigenvalue weighted by atomic mass is 10.1. The lowest BCUT2D eigenvalue weighted by Crippen LogP contribution is -2.00. The lowest BCUT2D eigenvalue weighted by Gasteiger charge is -2.11. The van der Waals surface area contributed by atoms with Crippen LogP contribution in [0.15, 0.2) is 58.3 Å². The van der Waals surface area contributed by atoms with Gasteiger partial charge in [-0.2, -0.15) is 16.8 Å². The zero-order valence-corrected chi connectivity index (χ0v) is 15.0. The average molecular weight is 411 g/mol. The van der Waals surface area contributed by atoms with Crippen LogP contribution < -0.4 is 5.32 Å². The molecule has 0 aromatic heterocycles. The number of phenols is 2. The maximum Gasteiger partial charge on any atom is 0.294 e. The highest BCUT2D eigenvalue weighted by molar-refractivity contribution is 7.86. The van der Waals surface area contributed by atoms with E-state index in [-0.39, 0.29) is 16.8 Å². The standard InChI is InChI=1S/C16H13NO8S2/c18-15-4-3-11(26(20,21)22)7-14(15)17-10-2-1-9-5-12(27(23,24)25)8-16(19)13(9)6-10/h1-8,17-19H,(H,20,21,22)(H,23,24,25). The van der Waals surface area contributed by atoms with Gasteiger partial charge in [0.2, 0.25) is 0 Å². The molecule has 0 aliphatic rings. The SMILES string of the molecule is O=S(=O)(O)c1ccc(O)c(Nc2ccc3cc(S(=O)(=O)O)cc(O)c3c2)c1. The van der Waals surface area contributed by atoms with Crippen LogP contribution in [-0.4, -0.2) is 36.2 Å². The Kier molecular flexibility index (Phi) is 4.48. The summed E-state index contributed by atoms with van der Waals surface area (Å²) >= 11 is 0. The highest BCUT2D eigenvalue weighted by Crippen LogP contribution is 2.34. The van der Waals surface area contributed by atoms with Gasteiger partial charge in [-0.3, -0.25) is 9.11 Å². The quantitative estimate of drug-likeness (QED) is 0.321. The van der Waals surface area contributed by atoms with Crippen molar-refractivity contribution in [2.24, 2.45) is 0 Å². The van der Waals surface area contributed by atoms with E-state index in [1.54, 1.807) is 0 Å². The Bertz CT molecular complexity index is 1270. The first-order valence-corrected chi connectivity index (χ1v) is 10.1. The molecule has 11 heteroatoms. The Morgan fingerprint density at radius 3 is 2.00 bits per heavy atom. The summed E-state index contributed by atoms with van der Waals surface area (Å²) in [6.07, 6.45) is 0. The fraction of sp³-hybridized carbons (Fsp3) is 0. The fourth-order valence-corrected chi connectivity index (χ4v) is 3.51. The van der Waals surface area contributed by atoms with Crippen molar-refractivity contribution >= 4 is 42.4 Å². The van der Waals surface area contributed by atoms with Crippen molar-refractivity contribution in [2.75, 3.05) is 5.32 Å². The number of rotatable bonds is 4. The van der Waals surface area contributed by atoms with Crippen LogP contribution in [-0.2, 0) is 20.2 Å². The van der Waals surface area contributed by atoms with Crippen LogP contribution in [0, 0.1) is 0 Å². The Morgan fingerprint density at radius 1 is 0.704 bits per heavy atom. The van der Waals surface area contributed by atoms with Crippen molar-refractivity contribution in [3.63, 3.8) is 0 Å². The normalized spacial score (nSPS) is 12.2. The van der Waals surface area contributed by atoms with E-state index in [4.69, 9.17) is 9.11 Å². The highest BCUT2D eigenvalue weighted by atomic mass is 32.2. The summed E-state index contributed by atoms with van der Waals surface area (Å²) in [5, 5.41) is 23.2.